The molecule has 0 fully saturated rings. The highest BCUT2D eigenvalue weighted by Crippen LogP contribution is 2.24. The number of nitrogen functional groups attached to an aromatic ring is 1. The van der Waals surface area contributed by atoms with Crippen LogP contribution in [-0.2, 0) is 6.54 Å². The van der Waals surface area contributed by atoms with Gasteiger partial charge in [0.1, 0.15) is 0 Å². The van der Waals surface area contributed by atoms with Crippen LogP contribution in [0.2, 0.25) is 0 Å². The van der Waals surface area contributed by atoms with E-state index in [1.807, 2.05) is 36.7 Å². The van der Waals surface area contributed by atoms with Crippen molar-refractivity contribution < 1.29 is 0 Å². The second-order valence-electron chi connectivity index (χ2n) is 5.26. The average molecular weight is 266 g/mol. The normalized spacial score (nSPS) is 11.2. The Morgan fingerprint density at radius 2 is 1.95 bits per heavy atom. The van der Waals surface area contributed by atoms with E-state index in [1.165, 1.54) is 5.56 Å². The van der Waals surface area contributed by atoms with Gasteiger partial charge in [0.15, 0.2) is 0 Å². The van der Waals surface area contributed by atoms with Crippen molar-refractivity contribution in [2.24, 2.45) is 0 Å². The van der Waals surface area contributed by atoms with Gasteiger partial charge in [-0.05, 0) is 50.6 Å². The van der Waals surface area contributed by atoms with Gasteiger partial charge >= 0.3 is 0 Å². The Morgan fingerprint density at radius 3 is 2.70 bits per heavy atom. The minimum Gasteiger partial charge on any atom is -0.398 e. The van der Waals surface area contributed by atoms with E-state index in [1.54, 1.807) is 0 Å². The number of rotatable bonds is 2. The highest BCUT2D eigenvalue weighted by Gasteiger charge is 2.10. The molecule has 0 aliphatic carbocycles. The van der Waals surface area contributed by atoms with Crippen LogP contribution >= 0.6 is 0 Å². The van der Waals surface area contributed by atoms with Crippen molar-refractivity contribution in [3.05, 3.63) is 53.0 Å². The maximum Gasteiger partial charge on any atom is 0.0838 e. The van der Waals surface area contributed by atoms with Gasteiger partial charge in [0, 0.05) is 16.8 Å². The quantitative estimate of drug-likeness (QED) is 0.725. The lowest BCUT2D eigenvalue weighted by Crippen LogP contribution is -2.05. The van der Waals surface area contributed by atoms with Crippen molar-refractivity contribution in [2.75, 3.05) is 5.73 Å². The molecule has 2 N–H and O–H groups in total. The number of hydrogen-bond acceptors (Lipinski definition) is 3. The second-order valence-corrected chi connectivity index (χ2v) is 5.26. The predicted molar refractivity (Wildman–Crippen MR) is 81.7 cm³/mol. The van der Waals surface area contributed by atoms with Gasteiger partial charge < -0.3 is 5.73 Å². The zero-order chi connectivity index (χ0) is 14.3. The third-order valence-corrected chi connectivity index (χ3v) is 3.45. The third kappa shape index (κ3) is 2.13. The zero-order valence-corrected chi connectivity index (χ0v) is 12.0. The van der Waals surface area contributed by atoms with Gasteiger partial charge in [-0.2, -0.15) is 5.10 Å². The number of aromatic nitrogens is 3. The fourth-order valence-electron chi connectivity index (χ4n) is 2.73. The van der Waals surface area contributed by atoms with Crippen LogP contribution in [0.1, 0.15) is 22.6 Å². The van der Waals surface area contributed by atoms with E-state index in [0.29, 0.717) is 6.54 Å². The molecule has 20 heavy (non-hydrogen) atoms. The molecule has 0 unspecified atom stereocenters. The molecule has 4 nitrogen and oxygen atoms in total. The molecule has 2 heterocycles. The first-order valence-electron chi connectivity index (χ1n) is 6.70. The highest BCUT2D eigenvalue weighted by molar-refractivity contribution is 5.92. The van der Waals surface area contributed by atoms with Gasteiger partial charge in [0.05, 0.1) is 23.4 Å². The molecular weight excluding hydrogens is 248 g/mol. The summed E-state index contributed by atoms with van der Waals surface area (Å²) >= 11 is 0. The molecule has 102 valence electrons. The fourth-order valence-corrected chi connectivity index (χ4v) is 2.73. The van der Waals surface area contributed by atoms with Crippen LogP contribution in [-0.4, -0.2) is 14.8 Å². The molecule has 0 amide bonds. The highest BCUT2D eigenvalue weighted by atomic mass is 15.3. The molecule has 0 aliphatic rings. The summed E-state index contributed by atoms with van der Waals surface area (Å²) in [5.74, 6) is 0. The number of fused-ring (bicyclic) bond motifs is 1. The van der Waals surface area contributed by atoms with Crippen molar-refractivity contribution in [3.63, 3.8) is 0 Å². The van der Waals surface area contributed by atoms with Crippen LogP contribution in [0, 0.1) is 20.8 Å². The molecule has 3 rings (SSSR count). The molecule has 2 aromatic heterocycles. The summed E-state index contributed by atoms with van der Waals surface area (Å²) in [4.78, 5) is 4.58. The van der Waals surface area contributed by atoms with Crippen LogP contribution in [0.15, 0.2) is 30.3 Å². The number of anilines is 1. The van der Waals surface area contributed by atoms with Gasteiger partial charge in [0.2, 0.25) is 0 Å². The van der Waals surface area contributed by atoms with Crippen LogP contribution in [0.4, 0.5) is 5.69 Å². The Balaban J connectivity index is 2.09. The first-order chi connectivity index (χ1) is 9.54. The molecular formula is C16H18N4. The Bertz CT molecular complexity index is 766. The molecule has 0 saturated heterocycles. The Morgan fingerprint density at radius 1 is 1.15 bits per heavy atom. The lowest BCUT2D eigenvalue weighted by atomic mass is 10.2. The largest absolute Gasteiger partial charge is 0.398 e. The van der Waals surface area contributed by atoms with Gasteiger partial charge in [-0.25, -0.2) is 0 Å². The van der Waals surface area contributed by atoms with Crippen molar-refractivity contribution >= 4 is 16.6 Å². The average Bonchev–Trinajstić information content (AvgIpc) is 2.66. The first-order valence-corrected chi connectivity index (χ1v) is 6.70. The molecule has 1 aromatic carbocycles. The lowest BCUT2D eigenvalue weighted by molar-refractivity contribution is 0.686. The molecule has 0 bridgehead atoms. The first kappa shape index (κ1) is 12.7. The molecule has 4 heteroatoms. The molecule has 0 saturated carbocycles. The van der Waals surface area contributed by atoms with Gasteiger partial charge in [-0.1, -0.05) is 6.07 Å². The molecule has 0 spiro atoms. The Kier molecular flexibility index (Phi) is 2.93. The summed E-state index contributed by atoms with van der Waals surface area (Å²) in [6, 6.07) is 10.1. The fraction of sp³-hybridized carbons (Fsp3) is 0.250. The summed E-state index contributed by atoms with van der Waals surface area (Å²) < 4.78 is 1.97. The summed E-state index contributed by atoms with van der Waals surface area (Å²) in [5, 5.41) is 5.64. The van der Waals surface area contributed by atoms with Crippen LogP contribution in [0.5, 0.6) is 0 Å². The summed E-state index contributed by atoms with van der Waals surface area (Å²) in [5.41, 5.74) is 12.1. The monoisotopic (exact) mass is 266 g/mol. The number of aryl methyl sites for hydroxylation is 3. The Hall–Kier alpha value is -2.36. The molecule has 0 radical (unpaired) electrons. The number of nitrogens with two attached hydrogens (primary N) is 1. The minimum absolute atomic E-state index is 0.663. The van der Waals surface area contributed by atoms with Crippen LogP contribution in [0.3, 0.4) is 0 Å². The number of benzene rings is 1. The van der Waals surface area contributed by atoms with Crippen molar-refractivity contribution in [3.8, 4) is 0 Å². The third-order valence-electron chi connectivity index (χ3n) is 3.45. The SMILES string of the molecule is Cc1cc(C)nc(Cn2nc(C)c3c(N)cccc32)c1. The maximum atomic E-state index is 6.04. The van der Waals surface area contributed by atoms with E-state index < -0.39 is 0 Å². The Labute approximate surface area is 118 Å². The smallest absolute Gasteiger partial charge is 0.0838 e. The van der Waals surface area contributed by atoms with Crippen molar-refractivity contribution in [2.45, 2.75) is 27.3 Å². The number of hydrogen-bond donors (Lipinski definition) is 1. The van der Waals surface area contributed by atoms with Crippen molar-refractivity contribution in [1.29, 1.82) is 0 Å². The van der Waals surface area contributed by atoms with E-state index in [4.69, 9.17) is 5.73 Å². The van der Waals surface area contributed by atoms with Crippen molar-refractivity contribution in [1.82, 2.24) is 14.8 Å². The summed E-state index contributed by atoms with van der Waals surface area (Å²) in [6.45, 7) is 6.75. The topological polar surface area (TPSA) is 56.7 Å². The number of nitrogens with zero attached hydrogens (tertiary/aromatic N) is 3. The summed E-state index contributed by atoms with van der Waals surface area (Å²) in [6.07, 6.45) is 0. The van der Waals surface area contributed by atoms with E-state index in [9.17, 15) is 0 Å². The molecule has 0 aliphatic heterocycles. The lowest BCUT2D eigenvalue weighted by Gasteiger charge is -2.06. The zero-order valence-electron chi connectivity index (χ0n) is 12.0. The van der Waals surface area contributed by atoms with E-state index in [-0.39, 0.29) is 0 Å². The van der Waals surface area contributed by atoms with E-state index in [2.05, 4.69) is 29.1 Å². The van der Waals surface area contributed by atoms with Crippen LogP contribution in [0.25, 0.3) is 10.9 Å². The van der Waals surface area contributed by atoms with Gasteiger partial charge in [-0.3, -0.25) is 9.67 Å². The van der Waals surface area contributed by atoms with E-state index >= 15 is 0 Å². The van der Waals surface area contributed by atoms with Gasteiger partial charge in [0.25, 0.3) is 0 Å². The molecule has 0 atom stereocenters. The summed E-state index contributed by atoms with van der Waals surface area (Å²) in [7, 11) is 0. The predicted octanol–water partition coefficient (Wildman–Crippen LogP) is 2.99. The minimum atomic E-state index is 0.663. The standard InChI is InChI=1S/C16H18N4/c1-10-7-11(2)18-13(8-10)9-20-15-6-4-5-14(17)16(15)12(3)19-20/h4-8H,9,17H2,1-3H3. The number of pyridine rings is 1. The van der Waals surface area contributed by atoms with Gasteiger partial charge in [-0.15, -0.1) is 0 Å². The molecule has 3 aromatic rings. The second kappa shape index (κ2) is 4.63. The van der Waals surface area contributed by atoms with Crippen LogP contribution < -0.4 is 5.73 Å². The van der Waals surface area contributed by atoms with E-state index in [0.717, 1.165) is 33.7 Å². The maximum absolute atomic E-state index is 6.04.